The van der Waals surface area contributed by atoms with E-state index >= 15 is 0 Å². The minimum Gasteiger partial charge on any atom is -0.382 e. The van der Waals surface area contributed by atoms with E-state index in [-0.39, 0.29) is 11.3 Å². The molecule has 17 heavy (non-hydrogen) atoms. The van der Waals surface area contributed by atoms with Crippen LogP contribution < -0.4 is 5.32 Å². The van der Waals surface area contributed by atoms with Crippen LogP contribution in [-0.4, -0.2) is 12.2 Å². The van der Waals surface area contributed by atoms with E-state index in [2.05, 4.69) is 5.32 Å². The van der Waals surface area contributed by atoms with Gasteiger partial charge in [0.05, 0.1) is 12.0 Å². The highest BCUT2D eigenvalue weighted by atomic mass is 19.4. The van der Waals surface area contributed by atoms with Gasteiger partial charge in [0.1, 0.15) is 11.9 Å². The third kappa shape index (κ3) is 4.31. The normalized spacial score (nSPS) is 12.9. The molecule has 0 radical (unpaired) electrons. The lowest BCUT2D eigenvalue weighted by Gasteiger charge is -2.17. The maximum Gasteiger partial charge on any atom is 0.391 e. The number of hydrogen-bond acceptors (Lipinski definition) is 2. The van der Waals surface area contributed by atoms with E-state index in [9.17, 15) is 17.6 Å². The molecule has 0 aromatic heterocycles. The molecule has 0 saturated carbocycles. The van der Waals surface area contributed by atoms with Crippen molar-refractivity contribution in [1.82, 2.24) is 0 Å². The molecule has 0 amide bonds. The number of alkyl halides is 3. The number of rotatable bonds is 3. The molecule has 0 aliphatic heterocycles. The molecule has 1 unspecified atom stereocenters. The highest BCUT2D eigenvalue weighted by Crippen LogP contribution is 2.23. The molecule has 1 aromatic carbocycles. The minimum atomic E-state index is -4.27. The smallest absolute Gasteiger partial charge is 0.382 e. The molecular weight excluding hydrogens is 236 g/mol. The standard InChI is InChI=1S/C11H10F4N2/c1-7(5-11(13,14)15)17-9-3-2-8(6-16)10(12)4-9/h2-4,7,17H,5H2,1H3. The van der Waals surface area contributed by atoms with Crippen LogP contribution in [0.1, 0.15) is 18.9 Å². The second kappa shape index (κ2) is 5.04. The van der Waals surface area contributed by atoms with Gasteiger partial charge in [0.25, 0.3) is 0 Å². The Bertz CT molecular complexity index is 434. The van der Waals surface area contributed by atoms with Crippen LogP contribution in [0.25, 0.3) is 0 Å². The maximum atomic E-state index is 13.2. The summed E-state index contributed by atoms with van der Waals surface area (Å²) in [4.78, 5) is 0. The van der Waals surface area contributed by atoms with Gasteiger partial charge in [-0.2, -0.15) is 18.4 Å². The molecule has 6 heteroatoms. The summed E-state index contributed by atoms with van der Waals surface area (Å²) in [5, 5.41) is 11.0. The number of nitriles is 1. The van der Waals surface area contributed by atoms with Crippen LogP contribution in [-0.2, 0) is 0 Å². The summed E-state index contributed by atoms with van der Waals surface area (Å²) in [6, 6.07) is 4.37. The van der Waals surface area contributed by atoms with Crippen LogP contribution >= 0.6 is 0 Å². The first-order valence-electron chi connectivity index (χ1n) is 4.85. The molecule has 0 spiro atoms. The van der Waals surface area contributed by atoms with E-state index in [1.807, 2.05) is 0 Å². The average Bonchev–Trinajstić information content (AvgIpc) is 2.14. The number of anilines is 1. The zero-order valence-corrected chi connectivity index (χ0v) is 8.98. The van der Waals surface area contributed by atoms with Crippen molar-refractivity contribution in [2.24, 2.45) is 0 Å². The number of halogens is 4. The van der Waals surface area contributed by atoms with E-state index in [0.717, 1.165) is 6.07 Å². The number of hydrogen-bond donors (Lipinski definition) is 1. The summed E-state index contributed by atoms with van der Waals surface area (Å²) in [7, 11) is 0. The molecule has 2 nitrogen and oxygen atoms in total. The van der Waals surface area contributed by atoms with Gasteiger partial charge >= 0.3 is 6.18 Å². The Morgan fingerprint density at radius 1 is 1.41 bits per heavy atom. The summed E-state index contributed by atoms with van der Waals surface area (Å²) in [6.45, 7) is 1.35. The molecule has 0 saturated heterocycles. The molecule has 1 atom stereocenters. The lowest BCUT2D eigenvalue weighted by atomic mass is 10.1. The molecule has 1 aromatic rings. The van der Waals surface area contributed by atoms with Crippen LogP contribution in [0.15, 0.2) is 18.2 Å². The fourth-order valence-electron chi connectivity index (χ4n) is 1.38. The SMILES string of the molecule is CC(CC(F)(F)F)Nc1ccc(C#N)c(F)c1. The van der Waals surface area contributed by atoms with Crippen molar-refractivity contribution in [3.8, 4) is 6.07 Å². The van der Waals surface area contributed by atoms with E-state index < -0.39 is 24.5 Å². The van der Waals surface area contributed by atoms with Gasteiger partial charge in [-0.1, -0.05) is 0 Å². The predicted octanol–water partition coefficient (Wildman–Crippen LogP) is 3.45. The molecule has 0 heterocycles. The highest BCUT2D eigenvalue weighted by molar-refractivity contribution is 5.48. The molecular formula is C11H10F4N2. The van der Waals surface area contributed by atoms with Crippen molar-refractivity contribution >= 4 is 5.69 Å². The van der Waals surface area contributed by atoms with Gasteiger partial charge in [-0.25, -0.2) is 4.39 Å². The Morgan fingerprint density at radius 2 is 2.06 bits per heavy atom. The highest BCUT2D eigenvalue weighted by Gasteiger charge is 2.29. The minimum absolute atomic E-state index is 0.140. The number of nitrogens with one attached hydrogen (secondary N) is 1. The van der Waals surface area contributed by atoms with Crippen molar-refractivity contribution in [3.63, 3.8) is 0 Å². The van der Waals surface area contributed by atoms with E-state index in [0.29, 0.717) is 0 Å². The maximum absolute atomic E-state index is 13.2. The molecule has 0 aliphatic rings. The molecule has 92 valence electrons. The van der Waals surface area contributed by atoms with Crippen molar-refractivity contribution in [3.05, 3.63) is 29.6 Å². The summed E-state index contributed by atoms with van der Waals surface area (Å²) in [5.41, 5.74) is 0.0808. The fraction of sp³-hybridized carbons (Fsp3) is 0.364. The molecule has 1 rings (SSSR count). The molecule has 0 bridgehead atoms. The second-order valence-electron chi connectivity index (χ2n) is 3.67. The van der Waals surface area contributed by atoms with Crippen LogP contribution in [0.2, 0.25) is 0 Å². The molecule has 1 N–H and O–H groups in total. The van der Waals surface area contributed by atoms with Gasteiger partial charge < -0.3 is 5.32 Å². The third-order valence-corrected chi connectivity index (χ3v) is 2.04. The van der Waals surface area contributed by atoms with Gasteiger partial charge in [-0.3, -0.25) is 0 Å². The predicted molar refractivity (Wildman–Crippen MR) is 54.9 cm³/mol. The topological polar surface area (TPSA) is 35.8 Å². The molecule has 0 aliphatic carbocycles. The van der Waals surface area contributed by atoms with Crippen molar-refractivity contribution < 1.29 is 17.6 Å². The number of nitrogens with zero attached hydrogens (tertiary/aromatic N) is 1. The van der Waals surface area contributed by atoms with E-state index in [4.69, 9.17) is 5.26 Å². The Morgan fingerprint density at radius 3 is 2.53 bits per heavy atom. The van der Waals surface area contributed by atoms with Gasteiger partial charge in [-0.05, 0) is 25.1 Å². The van der Waals surface area contributed by atoms with Crippen LogP contribution in [0.5, 0.6) is 0 Å². The quantitative estimate of drug-likeness (QED) is 0.829. The Hall–Kier alpha value is -1.77. The largest absolute Gasteiger partial charge is 0.391 e. The second-order valence-corrected chi connectivity index (χ2v) is 3.67. The lowest BCUT2D eigenvalue weighted by Crippen LogP contribution is -2.23. The van der Waals surface area contributed by atoms with Gasteiger partial charge in [0.2, 0.25) is 0 Å². The van der Waals surface area contributed by atoms with Gasteiger partial charge in [-0.15, -0.1) is 0 Å². The average molecular weight is 246 g/mol. The summed E-state index contributed by atoms with van der Waals surface area (Å²) in [6.07, 6.45) is -5.27. The first kappa shape index (κ1) is 13.3. The van der Waals surface area contributed by atoms with E-state index in [1.165, 1.54) is 19.1 Å². The summed E-state index contributed by atoms with van der Waals surface area (Å²) in [5.74, 6) is -0.753. The summed E-state index contributed by atoms with van der Waals surface area (Å²) < 4.78 is 49.3. The van der Waals surface area contributed by atoms with Crippen LogP contribution in [0.3, 0.4) is 0 Å². The first-order chi connectivity index (χ1) is 7.81. The van der Waals surface area contributed by atoms with Crippen LogP contribution in [0, 0.1) is 17.1 Å². The zero-order valence-electron chi connectivity index (χ0n) is 8.98. The zero-order chi connectivity index (χ0) is 13.1. The Labute approximate surface area is 95.9 Å². The van der Waals surface area contributed by atoms with Gasteiger partial charge in [0, 0.05) is 11.7 Å². The van der Waals surface area contributed by atoms with Crippen LogP contribution in [0.4, 0.5) is 23.2 Å². The third-order valence-electron chi connectivity index (χ3n) is 2.04. The first-order valence-corrected chi connectivity index (χ1v) is 4.85. The fourth-order valence-corrected chi connectivity index (χ4v) is 1.38. The van der Waals surface area contributed by atoms with Crippen molar-refractivity contribution in [2.45, 2.75) is 25.6 Å². The Balaban J connectivity index is 2.70. The lowest BCUT2D eigenvalue weighted by molar-refractivity contribution is -0.136. The van der Waals surface area contributed by atoms with Gasteiger partial charge in [0.15, 0.2) is 0 Å². The van der Waals surface area contributed by atoms with Crippen molar-refractivity contribution in [1.29, 1.82) is 5.26 Å². The van der Waals surface area contributed by atoms with Crippen molar-refractivity contribution in [2.75, 3.05) is 5.32 Å². The Kier molecular flexibility index (Phi) is 3.94. The number of benzene rings is 1. The monoisotopic (exact) mass is 246 g/mol. The summed E-state index contributed by atoms with van der Waals surface area (Å²) >= 11 is 0. The van der Waals surface area contributed by atoms with E-state index in [1.54, 1.807) is 6.07 Å². The molecule has 0 fully saturated rings.